The molecule has 3 aromatic rings. The van der Waals surface area contributed by atoms with Crippen LogP contribution in [0.2, 0.25) is 0 Å². The average molecular weight is 555 g/mol. The van der Waals surface area contributed by atoms with Gasteiger partial charge in [0.2, 0.25) is 0 Å². The first-order chi connectivity index (χ1) is 17.6. The van der Waals surface area contributed by atoms with Crippen LogP contribution in [0.5, 0.6) is 5.75 Å². The van der Waals surface area contributed by atoms with Gasteiger partial charge in [0.05, 0.1) is 16.2 Å². The number of hydrogen-bond acceptors (Lipinski definition) is 9. The molecular formula is C26H22N2O6S3. The molecule has 0 spiro atoms. The summed E-state index contributed by atoms with van der Waals surface area (Å²) in [6.45, 7) is 3.71. The highest BCUT2D eigenvalue weighted by Gasteiger charge is 2.25. The summed E-state index contributed by atoms with van der Waals surface area (Å²) in [5, 5.41) is 13.7. The third-order valence-electron chi connectivity index (χ3n) is 5.46. The highest BCUT2D eigenvalue weighted by Crippen LogP contribution is 2.36. The van der Waals surface area contributed by atoms with Gasteiger partial charge in [-0.15, -0.1) is 11.8 Å². The van der Waals surface area contributed by atoms with Crippen molar-refractivity contribution < 1.29 is 25.3 Å². The van der Waals surface area contributed by atoms with Crippen molar-refractivity contribution in [3.8, 4) is 11.8 Å². The molecule has 0 bridgehead atoms. The summed E-state index contributed by atoms with van der Waals surface area (Å²) in [6.07, 6.45) is 0.421. The monoisotopic (exact) mass is 554 g/mol. The predicted octanol–water partition coefficient (Wildman–Crippen LogP) is 5.20. The van der Waals surface area contributed by atoms with Crippen LogP contribution in [0.4, 0.5) is 0 Å². The molecular weight excluding hydrogens is 532 g/mol. The SMILES string of the molecule is Cc1ccc(S(=O)(=O)Oc2cccc(S(=O)(=O)ON=C3CCSC3=C(C#N)c3ccccc3C)c2)cc1. The van der Waals surface area contributed by atoms with Crippen molar-refractivity contribution in [3.05, 3.63) is 94.4 Å². The average Bonchev–Trinajstić information content (AvgIpc) is 3.33. The van der Waals surface area contributed by atoms with E-state index >= 15 is 0 Å². The van der Waals surface area contributed by atoms with Crippen LogP contribution in [0.15, 0.2) is 92.6 Å². The molecule has 0 amide bonds. The smallest absolute Gasteiger partial charge is 0.358 e. The number of aryl methyl sites for hydroxylation is 2. The summed E-state index contributed by atoms with van der Waals surface area (Å²) in [5.74, 6) is 0.427. The van der Waals surface area contributed by atoms with Gasteiger partial charge < -0.3 is 4.18 Å². The fourth-order valence-electron chi connectivity index (χ4n) is 3.54. The lowest BCUT2D eigenvalue weighted by atomic mass is 10.00. The molecule has 0 N–H and O–H groups in total. The van der Waals surface area contributed by atoms with Crippen molar-refractivity contribution >= 4 is 43.3 Å². The standard InChI is InChI=1S/C26H22N2O6S3/c1-18-10-12-21(13-11-18)36(29,30)33-20-7-5-8-22(16-20)37(31,32)34-28-25-14-15-35-26(25)24(17-27)23-9-4-3-6-19(23)2/h3-13,16H,14-15H2,1-2H3. The van der Waals surface area contributed by atoms with Crippen LogP contribution < -0.4 is 4.18 Å². The Bertz CT molecular complexity index is 1650. The number of rotatable bonds is 7. The lowest BCUT2D eigenvalue weighted by Crippen LogP contribution is -2.11. The van der Waals surface area contributed by atoms with Crippen LogP contribution in [0.25, 0.3) is 5.57 Å². The van der Waals surface area contributed by atoms with Crippen molar-refractivity contribution in [3.63, 3.8) is 0 Å². The van der Waals surface area contributed by atoms with Crippen LogP contribution in [0, 0.1) is 25.2 Å². The molecule has 190 valence electrons. The second-order valence-electron chi connectivity index (χ2n) is 8.12. The van der Waals surface area contributed by atoms with Gasteiger partial charge in [-0.25, -0.2) is 0 Å². The molecule has 1 aliphatic rings. The third kappa shape index (κ3) is 6.05. The van der Waals surface area contributed by atoms with Gasteiger partial charge in [-0.1, -0.05) is 53.2 Å². The van der Waals surface area contributed by atoms with Gasteiger partial charge in [0.25, 0.3) is 0 Å². The summed E-state index contributed by atoms with van der Waals surface area (Å²) < 4.78 is 61.0. The van der Waals surface area contributed by atoms with Gasteiger partial charge in [-0.2, -0.15) is 22.1 Å². The Labute approximate surface area is 220 Å². The quantitative estimate of drug-likeness (QED) is 0.222. The van der Waals surface area contributed by atoms with Gasteiger partial charge >= 0.3 is 20.2 Å². The molecule has 0 atom stereocenters. The predicted molar refractivity (Wildman–Crippen MR) is 142 cm³/mol. The summed E-state index contributed by atoms with van der Waals surface area (Å²) in [5.41, 5.74) is 3.28. The molecule has 3 aromatic carbocycles. The Morgan fingerprint density at radius 1 is 0.919 bits per heavy atom. The highest BCUT2D eigenvalue weighted by atomic mass is 32.2. The zero-order chi connectivity index (χ0) is 26.6. The first-order valence-electron chi connectivity index (χ1n) is 11.1. The largest absolute Gasteiger partial charge is 0.379 e. The maximum absolute atomic E-state index is 12.9. The molecule has 37 heavy (non-hydrogen) atoms. The molecule has 0 saturated carbocycles. The van der Waals surface area contributed by atoms with Gasteiger partial charge in [0, 0.05) is 18.2 Å². The van der Waals surface area contributed by atoms with E-state index in [2.05, 4.69) is 11.2 Å². The number of allylic oxidation sites excluding steroid dienone is 2. The van der Waals surface area contributed by atoms with Gasteiger partial charge in [-0.3, -0.25) is 4.28 Å². The fraction of sp³-hybridized carbons (Fsp3) is 0.154. The number of hydrogen-bond donors (Lipinski definition) is 0. The Morgan fingerprint density at radius 3 is 2.35 bits per heavy atom. The Morgan fingerprint density at radius 2 is 1.65 bits per heavy atom. The molecule has 1 aliphatic heterocycles. The molecule has 0 aliphatic carbocycles. The van der Waals surface area contributed by atoms with E-state index in [1.165, 1.54) is 42.1 Å². The van der Waals surface area contributed by atoms with E-state index in [-0.39, 0.29) is 15.5 Å². The second kappa shape index (κ2) is 10.8. The number of benzene rings is 3. The molecule has 0 aromatic heterocycles. The van der Waals surface area contributed by atoms with Crippen LogP contribution in [-0.4, -0.2) is 28.3 Å². The summed E-state index contributed by atoms with van der Waals surface area (Å²) in [7, 11) is -8.57. The van der Waals surface area contributed by atoms with Crippen molar-refractivity contribution in [1.82, 2.24) is 0 Å². The van der Waals surface area contributed by atoms with E-state index in [0.29, 0.717) is 28.4 Å². The van der Waals surface area contributed by atoms with E-state index in [1.807, 2.05) is 38.1 Å². The zero-order valence-electron chi connectivity index (χ0n) is 19.9. The number of thioether (sulfide) groups is 1. The maximum atomic E-state index is 12.9. The lowest BCUT2D eigenvalue weighted by molar-refractivity contribution is 0.338. The van der Waals surface area contributed by atoms with E-state index in [9.17, 15) is 22.1 Å². The van der Waals surface area contributed by atoms with Crippen molar-refractivity contribution in [1.29, 1.82) is 5.26 Å². The van der Waals surface area contributed by atoms with Crippen molar-refractivity contribution in [2.45, 2.75) is 30.1 Å². The molecule has 4 rings (SSSR count). The molecule has 11 heteroatoms. The molecule has 1 fully saturated rings. The lowest BCUT2D eigenvalue weighted by Gasteiger charge is -2.09. The van der Waals surface area contributed by atoms with Crippen molar-refractivity contribution in [2.75, 3.05) is 5.75 Å². The van der Waals surface area contributed by atoms with E-state index in [0.717, 1.165) is 22.8 Å². The molecule has 1 saturated heterocycles. The minimum Gasteiger partial charge on any atom is -0.379 e. The first kappa shape index (κ1) is 26.5. The van der Waals surface area contributed by atoms with Crippen LogP contribution >= 0.6 is 11.8 Å². The van der Waals surface area contributed by atoms with E-state index in [4.69, 9.17) is 8.47 Å². The number of oxime groups is 1. The Hall–Kier alpha value is -3.59. The Kier molecular flexibility index (Phi) is 7.73. The molecule has 8 nitrogen and oxygen atoms in total. The van der Waals surface area contributed by atoms with Gasteiger partial charge in [-0.05, 0) is 49.2 Å². The summed E-state index contributed by atoms with van der Waals surface area (Å²) >= 11 is 1.41. The topological polar surface area (TPSA) is 123 Å². The molecule has 0 radical (unpaired) electrons. The number of nitriles is 1. The van der Waals surface area contributed by atoms with Gasteiger partial charge in [0.1, 0.15) is 21.6 Å². The third-order valence-corrected chi connectivity index (χ3v) is 8.96. The van der Waals surface area contributed by atoms with Crippen LogP contribution in [-0.2, 0) is 24.5 Å². The normalized spacial score (nSPS) is 16.3. The van der Waals surface area contributed by atoms with Crippen LogP contribution in [0.3, 0.4) is 0 Å². The summed E-state index contributed by atoms with van der Waals surface area (Å²) in [6, 6.07) is 20.6. The minimum atomic E-state index is -4.40. The van der Waals surface area contributed by atoms with Crippen molar-refractivity contribution in [2.24, 2.45) is 5.16 Å². The summed E-state index contributed by atoms with van der Waals surface area (Å²) in [4.78, 5) is 0.173. The van der Waals surface area contributed by atoms with Gasteiger partial charge in [0.15, 0.2) is 0 Å². The highest BCUT2D eigenvalue weighted by molar-refractivity contribution is 8.04. The number of nitrogens with zero attached hydrogens (tertiary/aromatic N) is 2. The minimum absolute atomic E-state index is 0.0611. The zero-order valence-corrected chi connectivity index (χ0v) is 22.4. The molecule has 0 unspecified atom stereocenters. The Balaban J connectivity index is 1.59. The first-order valence-corrected chi connectivity index (χ1v) is 14.9. The fourth-order valence-corrected chi connectivity index (χ4v) is 6.34. The molecule has 1 heterocycles. The van der Waals surface area contributed by atoms with E-state index in [1.54, 1.807) is 12.1 Å². The second-order valence-corrected chi connectivity index (χ2v) is 12.3. The maximum Gasteiger partial charge on any atom is 0.358 e. The van der Waals surface area contributed by atoms with Crippen LogP contribution in [0.1, 0.15) is 23.1 Å². The van der Waals surface area contributed by atoms with E-state index < -0.39 is 20.2 Å².